The first-order valence-electron chi connectivity index (χ1n) is 5.06. The van der Waals surface area contributed by atoms with Gasteiger partial charge in [-0.15, -0.1) is 0 Å². The van der Waals surface area contributed by atoms with Gasteiger partial charge in [0.1, 0.15) is 17.8 Å². The van der Waals surface area contributed by atoms with Crippen molar-refractivity contribution < 1.29 is 21.1 Å². The minimum absolute atomic E-state index is 0.496. The van der Waals surface area contributed by atoms with Crippen molar-refractivity contribution in [3.63, 3.8) is 0 Å². The molecule has 1 saturated heterocycles. The quantitative estimate of drug-likeness (QED) is 0.656. The minimum atomic E-state index is -1.05. The van der Waals surface area contributed by atoms with Crippen LogP contribution in [0.4, 0.5) is 0 Å². The molecule has 78 valence electrons. The number of aliphatic hydroxyl groups excluding tert-OH is 2. The van der Waals surface area contributed by atoms with Crippen LogP contribution in [-0.4, -0.2) is 47.8 Å². The summed E-state index contributed by atoms with van der Waals surface area (Å²) in [5.41, 5.74) is -0.958. The molecule has 13 heavy (non-hydrogen) atoms. The van der Waals surface area contributed by atoms with Crippen LogP contribution in [-0.2, 0) is 9.47 Å². The maximum Gasteiger partial charge on any atom is 0.122 e. The summed E-state index contributed by atoms with van der Waals surface area (Å²) in [4.78, 5) is 0. The number of hydrogen-bond donors (Lipinski definition) is 2. The Morgan fingerprint density at radius 3 is 2.77 bits per heavy atom. The highest BCUT2D eigenvalue weighted by Crippen LogP contribution is 2.34. The van der Waals surface area contributed by atoms with Crippen LogP contribution in [0.3, 0.4) is 0 Å². The zero-order valence-electron chi connectivity index (χ0n) is 9.23. The standard InChI is InChI=1S/C9H18O4/c1-4-9(6(2)10)8(12-3)7(11)5-13-9/h6-8,10-11H,4-5H2,1-3H3/t6-,7+,8+,9+/m1/s1/i5T/t5-,6+,7-,8-,9-/m0. The van der Waals surface area contributed by atoms with Crippen LogP contribution in [0, 0.1) is 0 Å². The van der Waals surface area contributed by atoms with E-state index >= 15 is 0 Å². The molecule has 4 nitrogen and oxygen atoms in total. The van der Waals surface area contributed by atoms with Gasteiger partial charge in [0, 0.05) is 7.11 Å². The highest BCUT2D eigenvalue weighted by atomic mass is 16.6. The van der Waals surface area contributed by atoms with Crippen LogP contribution in [0.15, 0.2) is 0 Å². The molecular formula is C9H18O4. The Labute approximate surface area is 79.9 Å². The summed E-state index contributed by atoms with van der Waals surface area (Å²) < 4.78 is 17.9. The third-order valence-corrected chi connectivity index (χ3v) is 2.73. The van der Waals surface area contributed by atoms with Crippen LogP contribution in [0.5, 0.6) is 0 Å². The monoisotopic (exact) mass is 192 g/mol. The van der Waals surface area contributed by atoms with Gasteiger partial charge >= 0.3 is 0 Å². The van der Waals surface area contributed by atoms with E-state index < -0.39 is 30.5 Å². The molecule has 5 atom stereocenters. The Hall–Kier alpha value is -0.160. The van der Waals surface area contributed by atoms with Crippen molar-refractivity contribution in [1.82, 2.24) is 0 Å². The minimum Gasteiger partial charge on any atom is -0.390 e. The Balaban J connectivity index is 2.95. The Morgan fingerprint density at radius 1 is 1.85 bits per heavy atom. The Kier molecular flexibility index (Phi) is 2.83. The summed E-state index contributed by atoms with van der Waals surface area (Å²) in [6.45, 7) is 2.37. The van der Waals surface area contributed by atoms with Crippen molar-refractivity contribution in [1.29, 1.82) is 0 Å². The van der Waals surface area contributed by atoms with E-state index in [2.05, 4.69) is 0 Å². The average Bonchev–Trinajstić information content (AvgIpc) is 2.40. The van der Waals surface area contributed by atoms with Crippen LogP contribution >= 0.6 is 0 Å². The van der Waals surface area contributed by atoms with Crippen LogP contribution in [0.1, 0.15) is 21.6 Å². The van der Waals surface area contributed by atoms with Crippen LogP contribution in [0.25, 0.3) is 0 Å². The fraction of sp³-hybridized carbons (Fsp3) is 1.00. The van der Waals surface area contributed by atoms with Gasteiger partial charge in [-0.25, -0.2) is 0 Å². The van der Waals surface area contributed by atoms with Gasteiger partial charge in [0.25, 0.3) is 0 Å². The molecule has 4 heteroatoms. The summed E-state index contributed by atoms with van der Waals surface area (Å²) in [5, 5.41) is 19.3. The molecule has 1 aliphatic heterocycles. The second kappa shape index (κ2) is 3.92. The van der Waals surface area contributed by atoms with Crippen molar-refractivity contribution in [2.45, 2.75) is 44.2 Å². The predicted molar refractivity (Wildman–Crippen MR) is 47.5 cm³/mol. The largest absolute Gasteiger partial charge is 0.390 e. The molecule has 0 unspecified atom stereocenters. The van der Waals surface area contributed by atoms with Gasteiger partial charge in [0.15, 0.2) is 0 Å². The molecule has 1 rings (SSSR count). The van der Waals surface area contributed by atoms with E-state index in [0.29, 0.717) is 6.42 Å². The molecule has 0 aliphatic carbocycles. The number of hydrogen-bond acceptors (Lipinski definition) is 4. The first kappa shape index (κ1) is 9.40. The van der Waals surface area contributed by atoms with E-state index in [-0.39, 0.29) is 0 Å². The Morgan fingerprint density at radius 2 is 2.46 bits per heavy atom. The predicted octanol–water partition coefficient (Wildman–Crippen LogP) is -0.0779. The van der Waals surface area contributed by atoms with E-state index in [1.54, 1.807) is 6.92 Å². The molecule has 1 fully saturated rings. The second-order valence-electron chi connectivity index (χ2n) is 3.39. The lowest BCUT2D eigenvalue weighted by Gasteiger charge is -2.35. The SMILES string of the molecule is [3H][C@@H]1O[C@@](CC)([C@@H](C)O)[C@@H](OC)[C@H]1O. The molecular weight excluding hydrogens is 172 g/mol. The first-order chi connectivity index (χ1) is 6.49. The van der Waals surface area contributed by atoms with Gasteiger partial charge in [-0.2, -0.15) is 0 Å². The van der Waals surface area contributed by atoms with Gasteiger partial charge in [0.2, 0.25) is 0 Å². The highest BCUT2D eigenvalue weighted by molar-refractivity contribution is 5.01. The molecule has 0 radical (unpaired) electrons. The van der Waals surface area contributed by atoms with E-state index in [1.165, 1.54) is 7.11 Å². The summed E-state index contributed by atoms with van der Waals surface area (Å²) in [7, 11) is 1.45. The van der Waals surface area contributed by atoms with Gasteiger partial charge in [-0.3, -0.25) is 0 Å². The molecule has 0 amide bonds. The third kappa shape index (κ3) is 1.59. The first-order valence-corrected chi connectivity index (χ1v) is 4.48. The fourth-order valence-corrected chi connectivity index (χ4v) is 1.88. The lowest BCUT2D eigenvalue weighted by atomic mass is 9.87. The second-order valence-corrected chi connectivity index (χ2v) is 3.39. The van der Waals surface area contributed by atoms with E-state index in [9.17, 15) is 10.2 Å². The normalized spacial score (nSPS) is 49.0. The van der Waals surface area contributed by atoms with Crippen LogP contribution < -0.4 is 0 Å². The third-order valence-electron chi connectivity index (χ3n) is 2.73. The molecule has 0 spiro atoms. The topological polar surface area (TPSA) is 58.9 Å². The zero-order chi connectivity index (χ0) is 10.9. The van der Waals surface area contributed by atoms with Gasteiger partial charge in [-0.1, -0.05) is 6.92 Å². The highest BCUT2D eigenvalue weighted by Gasteiger charge is 2.51. The van der Waals surface area contributed by atoms with E-state index in [4.69, 9.17) is 10.8 Å². The average molecular weight is 192 g/mol. The van der Waals surface area contributed by atoms with Crippen molar-refractivity contribution in [3.8, 4) is 0 Å². The summed E-state index contributed by atoms with van der Waals surface area (Å²) in [6.07, 6.45) is -1.93. The van der Waals surface area contributed by atoms with Crippen molar-refractivity contribution >= 4 is 0 Å². The molecule has 0 aromatic carbocycles. The molecule has 0 aromatic rings. The molecule has 2 N–H and O–H groups in total. The van der Waals surface area contributed by atoms with E-state index in [1.807, 2.05) is 6.92 Å². The summed E-state index contributed by atoms with van der Waals surface area (Å²) >= 11 is 0. The molecule has 1 aliphatic rings. The lowest BCUT2D eigenvalue weighted by Crippen LogP contribution is -2.51. The van der Waals surface area contributed by atoms with Gasteiger partial charge in [-0.05, 0) is 13.3 Å². The van der Waals surface area contributed by atoms with Crippen molar-refractivity contribution in [2.24, 2.45) is 0 Å². The molecule has 0 aromatic heterocycles. The van der Waals surface area contributed by atoms with E-state index in [0.717, 1.165) is 0 Å². The molecule has 0 bridgehead atoms. The molecule has 1 heterocycles. The van der Waals surface area contributed by atoms with Crippen LogP contribution in [0.2, 0.25) is 0 Å². The number of ether oxygens (including phenoxy) is 2. The smallest absolute Gasteiger partial charge is 0.122 e. The van der Waals surface area contributed by atoms with Crippen molar-refractivity contribution in [2.75, 3.05) is 13.7 Å². The Bertz CT molecular complexity index is 199. The van der Waals surface area contributed by atoms with Crippen molar-refractivity contribution in [3.05, 3.63) is 0 Å². The maximum atomic E-state index is 9.64. The number of aliphatic hydroxyl groups is 2. The van der Waals surface area contributed by atoms with Gasteiger partial charge < -0.3 is 19.7 Å². The lowest BCUT2D eigenvalue weighted by molar-refractivity contribution is -0.142. The maximum absolute atomic E-state index is 9.64. The molecule has 0 saturated carbocycles. The van der Waals surface area contributed by atoms with Gasteiger partial charge in [0.05, 0.1) is 14.1 Å². The number of methoxy groups -OCH3 is 1. The fourth-order valence-electron chi connectivity index (χ4n) is 1.88. The summed E-state index contributed by atoms with van der Waals surface area (Å²) in [6, 6.07) is 0. The number of rotatable bonds is 3. The zero-order valence-corrected chi connectivity index (χ0v) is 8.23. The summed E-state index contributed by atoms with van der Waals surface area (Å²) in [5.74, 6) is 0.